The van der Waals surface area contributed by atoms with Gasteiger partial charge in [0.15, 0.2) is 0 Å². The van der Waals surface area contributed by atoms with Crippen LogP contribution in [0.5, 0.6) is 0 Å². The van der Waals surface area contributed by atoms with Crippen LogP contribution in [0.25, 0.3) is 0 Å². The fourth-order valence-corrected chi connectivity index (χ4v) is 6.95. The maximum absolute atomic E-state index is 12.2. The lowest BCUT2D eigenvalue weighted by Crippen LogP contribution is -2.52. The van der Waals surface area contributed by atoms with Crippen LogP contribution < -0.4 is 0 Å². The Labute approximate surface area is 189 Å². The molecule has 0 bridgehead atoms. The molecule has 166 valence electrons. The summed E-state index contributed by atoms with van der Waals surface area (Å²) >= 11 is 3.13. The van der Waals surface area contributed by atoms with E-state index in [1.54, 1.807) is 22.7 Å². The first kappa shape index (κ1) is 22.4. The lowest BCUT2D eigenvalue weighted by Gasteiger charge is -2.45. The van der Waals surface area contributed by atoms with Crippen molar-refractivity contribution in [1.82, 2.24) is 9.80 Å². The van der Waals surface area contributed by atoms with Gasteiger partial charge in [0.2, 0.25) is 0 Å². The third-order valence-corrected chi connectivity index (χ3v) is 9.06. The molecule has 2 aliphatic heterocycles. The van der Waals surface area contributed by atoms with E-state index in [2.05, 4.69) is 9.80 Å². The second kappa shape index (κ2) is 10.2. The van der Waals surface area contributed by atoms with E-state index in [1.165, 1.54) is 38.5 Å². The van der Waals surface area contributed by atoms with Crippen molar-refractivity contribution in [3.8, 4) is 0 Å². The second-order valence-corrected chi connectivity index (χ2v) is 10.9. The Morgan fingerprint density at radius 3 is 1.40 bits per heavy atom. The largest absolute Gasteiger partial charge is 0.381 e. The van der Waals surface area contributed by atoms with Gasteiger partial charge in [-0.1, -0.05) is 25.0 Å². The number of nitrogens with zero attached hydrogens (tertiary/aromatic N) is 2. The van der Waals surface area contributed by atoms with E-state index >= 15 is 0 Å². The molecule has 2 fully saturated rings. The molecule has 0 aliphatic carbocycles. The number of likely N-dealkylation sites (tertiary alicyclic amines) is 2. The predicted molar refractivity (Wildman–Crippen MR) is 126 cm³/mol. The molecule has 2 N–H and O–H groups in total. The first-order chi connectivity index (χ1) is 14.6. The third-order valence-electron chi connectivity index (χ3n) is 7.02. The topological polar surface area (TPSA) is 46.9 Å². The average molecular weight is 449 g/mol. The molecular weight excluding hydrogens is 412 g/mol. The van der Waals surface area contributed by atoms with Gasteiger partial charge in [0.1, 0.15) is 11.2 Å². The molecular formula is C24H36N2O2S2. The van der Waals surface area contributed by atoms with Gasteiger partial charge in [-0.2, -0.15) is 0 Å². The summed E-state index contributed by atoms with van der Waals surface area (Å²) in [4.78, 5) is 6.69. The summed E-state index contributed by atoms with van der Waals surface area (Å²) in [5.74, 6) is 0. The Bertz CT molecular complexity index is 675. The first-order valence-electron chi connectivity index (χ1n) is 11.6. The van der Waals surface area contributed by atoms with Crippen molar-refractivity contribution in [3.05, 3.63) is 44.8 Å². The van der Waals surface area contributed by atoms with Crippen LogP contribution in [-0.4, -0.2) is 59.3 Å². The van der Waals surface area contributed by atoms with E-state index in [-0.39, 0.29) is 0 Å². The molecule has 0 spiro atoms. The van der Waals surface area contributed by atoms with E-state index in [0.29, 0.717) is 12.8 Å². The zero-order valence-electron chi connectivity index (χ0n) is 18.0. The quantitative estimate of drug-likeness (QED) is 0.587. The van der Waals surface area contributed by atoms with Gasteiger partial charge in [-0.25, -0.2) is 0 Å². The molecule has 4 nitrogen and oxygen atoms in total. The molecule has 2 aliphatic rings. The van der Waals surface area contributed by atoms with Crippen LogP contribution >= 0.6 is 22.7 Å². The van der Waals surface area contributed by atoms with Gasteiger partial charge < -0.3 is 20.0 Å². The summed E-state index contributed by atoms with van der Waals surface area (Å²) in [6.45, 7) is 6.06. The lowest BCUT2D eigenvalue weighted by atomic mass is 9.75. The normalized spacial score (nSPS) is 23.1. The van der Waals surface area contributed by atoms with Gasteiger partial charge in [-0.15, -0.1) is 22.7 Å². The van der Waals surface area contributed by atoms with Crippen molar-refractivity contribution in [1.29, 1.82) is 0 Å². The highest BCUT2D eigenvalue weighted by molar-refractivity contribution is 7.10. The Balaban J connectivity index is 1.60. The summed E-state index contributed by atoms with van der Waals surface area (Å²) in [5, 5.41) is 28.5. The van der Waals surface area contributed by atoms with Gasteiger partial charge >= 0.3 is 0 Å². The molecule has 2 aromatic rings. The molecule has 0 saturated carbocycles. The van der Waals surface area contributed by atoms with Gasteiger partial charge in [0.05, 0.1) is 0 Å². The molecule has 2 aromatic heterocycles. The third kappa shape index (κ3) is 4.84. The Morgan fingerprint density at radius 1 is 0.667 bits per heavy atom. The molecule has 0 amide bonds. The standard InChI is InChI=1S/C24H36N2O2S2/c27-23(21-9-7-19-29-21,11-17-25-13-3-1-4-14-25)24(28,22-10-8-20-30-22)12-18-26-15-5-2-6-16-26/h7-10,19-20,27-28H,1-6,11-18H2. The number of rotatable bonds is 9. The Morgan fingerprint density at radius 2 is 1.07 bits per heavy atom. The van der Waals surface area contributed by atoms with E-state index < -0.39 is 11.2 Å². The summed E-state index contributed by atoms with van der Waals surface area (Å²) in [5.41, 5.74) is -2.56. The predicted octanol–water partition coefficient (Wildman–Crippen LogP) is 4.64. The van der Waals surface area contributed by atoms with Gasteiger partial charge in [-0.3, -0.25) is 0 Å². The Kier molecular flexibility index (Phi) is 7.66. The fourth-order valence-electron chi connectivity index (χ4n) is 5.10. The average Bonchev–Trinajstić information content (AvgIpc) is 3.52. The van der Waals surface area contributed by atoms with Crippen LogP contribution in [0.4, 0.5) is 0 Å². The molecule has 2 atom stereocenters. The summed E-state index contributed by atoms with van der Waals surface area (Å²) in [6.07, 6.45) is 8.68. The zero-order chi connectivity index (χ0) is 20.9. The van der Waals surface area contributed by atoms with Crippen LogP contribution in [-0.2, 0) is 11.2 Å². The molecule has 2 unspecified atom stereocenters. The molecule has 4 rings (SSSR count). The smallest absolute Gasteiger partial charge is 0.133 e. The second-order valence-electron chi connectivity index (χ2n) is 8.98. The molecule has 2 saturated heterocycles. The van der Waals surface area contributed by atoms with Crippen molar-refractivity contribution < 1.29 is 10.2 Å². The van der Waals surface area contributed by atoms with E-state index in [0.717, 1.165) is 49.0 Å². The minimum Gasteiger partial charge on any atom is -0.381 e. The maximum atomic E-state index is 12.2. The van der Waals surface area contributed by atoms with Crippen LogP contribution in [0.1, 0.15) is 61.1 Å². The molecule has 0 radical (unpaired) electrons. The minimum absolute atomic E-state index is 0.557. The van der Waals surface area contributed by atoms with Gasteiger partial charge in [-0.05, 0) is 87.6 Å². The van der Waals surface area contributed by atoms with Crippen molar-refractivity contribution in [2.45, 2.75) is 62.6 Å². The fraction of sp³-hybridized carbons (Fsp3) is 0.667. The SMILES string of the molecule is OC(CCN1CCCCC1)(c1cccs1)C(O)(CCN1CCCCC1)c1cccs1. The lowest BCUT2D eigenvalue weighted by molar-refractivity contribution is -0.174. The maximum Gasteiger partial charge on any atom is 0.133 e. The van der Waals surface area contributed by atoms with E-state index in [1.807, 2.05) is 35.0 Å². The Hall–Kier alpha value is -0.760. The zero-order valence-corrected chi connectivity index (χ0v) is 19.6. The molecule has 30 heavy (non-hydrogen) atoms. The highest BCUT2D eigenvalue weighted by atomic mass is 32.1. The van der Waals surface area contributed by atoms with Crippen LogP contribution in [0, 0.1) is 0 Å². The van der Waals surface area contributed by atoms with Crippen molar-refractivity contribution in [2.75, 3.05) is 39.3 Å². The number of hydrogen-bond donors (Lipinski definition) is 2. The van der Waals surface area contributed by atoms with Crippen molar-refractivity contribution in [3.63, 3.8) is 0 Å². The van der Waals surface area contributed by atoms with Crippen molar-refractivity contribution >= 4 is 22.7 Å². The highest BCUT2D eigenvalue weighted by Gasteiger charge is 2.52. The van der Waals surface area contributed by atoms with Crippen molar-refractivity contribution in [2.24, 2.45) is 0 Å². The van der Waals surface area contributed by atoms with Gasteiger partial charge in [0, 0.05) is 22.8 Å². The number of piperidine rings is 2. The highest BCUT2D eigenvalue weighted by Crippen LogP contribution is 2.48. The molecule has 4 heterocycles. The number of thiophene rings is 2. The minimum atomic E-state index is -1.28. The summed E-state index contributed by atoms with van der Waals surface area (Å²) in [6, 6.07) is 7.98. The number of aliphatic hydroxyl groups is 2. The van der Waals surface area contributed by atoms with Gasteiger partial charge in [0.25, 0.3) is 0 Å². The monoisotopic (exact) mass is 448 g/mol. The van der Waals surface area contributed by atoms with Crippen LogP contribution in [0.15, 0.2) is 35.0 Å². The molecule has 0 aromatic carbocycles. The molecule has 6 heteroatoms. The summed E-state index contributed by atoms with van der Waals surface area (Å²) < 4.78 is 0. The van der Waals surface area contributed by atoms with E-state index in [9.17, 15) is 10.2 Å². The van der Waals surface area contributed by atoms with E-state index in [4.69, 9.17) is 0 Å². The number of hydrogen-bond acceptors (Lipinski definition) is 6. The first-order valence-corrected chi connectivity index (χ1v) is 13.4. The van der Waals surface area contributed by atoms with Crippen LogP contribution in [0.3, 0.4) is 0 Å². The van der Waals surface area contributed by atoms with Crippen LogP contribution in [0.2, 0.25) is 0 Å². The summed E-state index contributed by atoms with van der Waals surface area (Å²) in [7, 11) is 0.